The van der Waals surface area contributed by atoms with Crippen molar-refractivity contribution in [2.45, 2.75) is 58.8 Å². The molecule has 1 fully saturated rings. The summed E-state index contributed by atoms with van der Waals surface area (Å²) >= 11 is 3.56. The van der Waals surface area contributed by atoms with Crippen LogP contribution in [0.5, 0.6) is 5.88 Å². The SMILES string of the molecule is CCN(C)C=Nc1cc(Br)c(OCCCC2CCCCC2)nc1C. The van der Waals surface area contributed by atoms with Crippen LogP contribution in [0.25, 0.3) is 0 Å². The topological polar surface area (TPSA) is 37.7 Å². The van der Waals surface area contributed by atoms with Crippen LogP contribution in [0.3, 0.4) is 0 Å². The molecule has 1 heterocycles. The summed E-state index contributed by atoms with van der Waals surface area (Å²) in [5, 5.41) is 0. The van der Waals surface area contributed by atoms with Crippen LogP contribution in [-0.2, 0) is 0 Å². The number of aryl methyl sites for hydroxylation is 1. The molecule has 1 saturated carbocycles. The monoisotopic (exact) mass is 395 g/mol. The summed E-state index contributed by atoms with van der Waals surface area (Å²) in [7, 11) is 2.01. The molecule has 2 rings (SSSR count). The van der Waals surface area contributed by atoms with Crippen LogP contribution in [0.4, 0.5) is 5.69 Å². The summed E-state index contributed by atoms with van der Waals surface area (Å²) < 4.78 is 6.76. The second-order valence-corrected chi connectivity index (χ2v) is 7.55. The minimum absolute atomic E-state index is 0.680. The predicted octanol–water partition coefficient (Wildman–Crippen LogP) is 5.50. The first-order chi connectivity index (χ1) is 11.6. The molecule has 1 aliphatic carbocycles. The molecule has 0 saturated heterocycles. The predicted molar refractivity (Wildman–Crippen MR) is 104 cm³/mol. The van der Waals surface area contributed by atoms with Crippen molar-refractivity contribution in [3.05, 3.63) is 16.2 Å². The molecule has 0 atom stereocenters. The number of hydrogen-bond acceptors (Lipinski definition) is 3. The highest BCUT2D eigenvalue weighted by atomic mass is 79.9. The molecule has 134 valence electrons. The lowest BCUT2D eigenvalue weighted by Gasteiger charge is -2.21. The van der Waals surface area contributed by atoms with Crippen molar-refractivity contribution in [1.82, 2.24) is 9.88 Å². The fourth-order valence-electron chi connectivity index (χ4n) is 3.04. The molecule has 0 bridgehead atoms. The summed E-state index contributed by atoms with van der Waals surface area (Å²) in [5.74, 6) is 1.59. The van der Waals surface area contributed by atoms with Crippen LogP contribution in [0.15, 0.2) is 15.5 Å². The molecule has 0 amide bonds. The lowest BCUT2D eigenvalue weighted by Crippen LogP contribution is -2.14. The Morgan fingerprint density at radius 2 is 2.12 bits per heavy atom. The first kappa shape index (κ1) is 19.2. The second kappa shape index (κ2) is 10.0. The van der Waals surface area contributed by atoms with Gasteiger partial charge in [-0.3, -0.25) is 0 Å². The molecule has 1 aromatic heterocycles. The van der Waals surface area contributed by atoms with E-state index in [1.165, 1.54) is 38.5 Å². The third kappa shape index (κ3) is 6.08. The molecule has 4 nitrogen and oxygen atoms in total. The average molecular weight is 396 g/mol. The van der Waals surface area contributed by atoms with Crippen molar-refractivity contribution >= 4 is 28.0 Å². The third-order valence-electron chi connectivity index (χ3n) is 4.72. The van der Waals surface area contributed by atoms with Gasteiger partial charge in [0, 0.05) is 13.6 Å². The number of hydrogen-bond donors (Lipinski definition) is 0. The standard InChI is InChI=1S/C19H30BrN3O/c1-4-23(3)14-21-18-13-17(20)19(22-15(18)2)24-12-8-11-16-9-6-5-7-10-16/h13-14,16H,4-12H2,1-3H3. The quantitative estimate of drug-likeness (QED) is 0.331. The molecule has 0 radical (unpaired) electrons. The zero-order valence-electron chi connectivity index (χ0n) is 15.2. The van der Waals surface area contributed by atoms with Gasteiger partial charge in [-0.15, -0.1) is 0 Å². The van der Waals surface area contributed by atoms with Gasteiger partial charge in [-0.25, -0.2) is 9.98 Å². The third-order valence-corrected chi connectivity index (χ3v) is 5.29. The van der Waals surface area contributed by atoms with E-state index < -0.39 is 0 Å². The Labute approximate surface area is 154 Å². The summed E-state index contributed by atoms with van der Waals surface area (Å²) in [6.07, 6.45) is 11.3. The maximum atomic E-state index is 5.89. The second-order valence-electron chi connectivity index (χ2n) is 6.69. The molecular weight excluding hydrogens is 366 g/mol. The Balaban J connectivity index is 1.84. The normalized spacial score (nSPS) is 15.8. The fourth-order valence-corrected chi connectivity index (χ4v) is 3.46. The van der Waals surface area contributed by atoms with Crippen molar-refractivity contribution in [1.29, 1.82) is 0 Å². The number of pyridine rings is 1. The zero-order valence-corrected chi connectivity index (χ0v) is 16.8. The van der Waals surface area contributed by atoms with Crippen molar-refractivity contribution in [3.63, 3.8) is 0 Å². The lowest BCUT2D eigenvalue weighted by atomic mass is 9.86. The van der Waals surface area contributed by atoms with Crippen LogP contribution in [0.1, 0.15) is 57.6 Å². The Morgan fingerprint density at radius 1 is 1.38 bits per heavy atom. The maximum absolute atomic E-state index is 5.89. The van der Waals surface area contributed by atoms with Gasteiger partial charge in [-0.2, -0.15) is 0 Å². The van der Waals surface area contributed by atoms with E-state index in [1.807, 2.05) is 31.3 Å². The molecule has 5 heteroatoms. The Bertz CT molecular complexity index is 542. The van der Waals surface area contributed by atoms with E-state index in [2.05, 4.69) is 32.8 Å². The van der Waals surface area contributed by atoms with E-state index in [0.717, 1.165) is 41.3 Å². The first-order valence-electron chi connectivity index (χ1n) is 9.14. The lowest BCUT2D eigenvalue weighted by molar-refractivity contribution is 0.261. The van der Waals surface area contributed by atoms with E-state index in [-0.39, 0.29) is 0 Å². The van der Waals surface area contributed by atoms with Gasteiger partial charge in [0.25, 0.3) is 0 Å². The van der Waals surface area contributed by atoms with Crippen LogP contribution < -0.4 is 4.74 Å². The van der Waals surface area contributed by atoms with E-state index in [0.29, 0.717) is 5.88 Å². The Morgan fingerprint density at radius 3 is 2.83 bits per heavy atom. The van der Waals surface area contributed by atoms with E-state index in [9.17, 15) is 0 Å². The van der Waals surface area contributed by atoms with Crippen molar-refractivity contribution < 1.29 is 4.74 Å². The number of aromatic nitrogens is 1. The summed E-state index contributed by atoms with van der Waals surface area (Å²) in [5.41, 5.74) is 1.76. The van der Waals surface area contributed by atoms with Crippen molar-refractivity contribution in [3.8, 4) is 5.88 Å². The van der Waals surface area contributed by atoms with Gasteiger partial charge in [0.2, 0.25) is 5.88 Å². The molecule has 0 unspecified atom stereocenters. The van der Waals surface area contributed by atoms with Crippen molar-refractivity contribution in [2.24, 2.45) is 10.9 Å². The van der Waals surface area contributed by atoms with Gasteiger partial charge in [0.1, 0.15) is 0 Å². The number of ether oxygens (including phenoxy) is 1. The van der Waals surface area contributed by atoms with E-state index in [4.69, 9.17) is 4.74 Å². The summed E-state index contributed by atoms with van der Waals surface area (Å²) in [4.78, 5) is 11.1. The molecule has 0 N–H and O–H groups in total. The number of aliphatic imine (C=N–C) groups is 1. The highest BCUT2D eigenvalue weighted by molar-refractivity contribution is 9.10. The Hall–Kier alpha value is -1.10. The van der Waals surface area contributed by atoms with Gasteiger partial charge in [-0.1, -0.05) is 32.1 Å². The highest BCUT2D eigenvalue weighted by Crippen LogP contribution is 2.30. The Kier molecular flexibility index (Phi) is 8.03. The average Bonchev–Trinajstić information content (AvgIpc) is 2.60. The molecular formula is C19H30BrN3O. The summed E-state index contributed by atoms with van der Waals surface area (Å²) in [6, 6.07) is 1.98. The van der Waals surface area contributed by atoms with Gasteiger partial charge >= 0.3 is 0 Å². The van der Waals surface area contributed by atoms with Gasteiger partial charge in [0.05, 0.1) is 28.8 Å². The number of nitrogens with zero attached hydrogens (tertiary/aromatic N) is 3. The minimum atomic E-state index is 0.680. The smallest absolute Gasteiger partial charge is 0.228 e. The maximum Gasteiger partial charge on any atom is 0.228 e. The molecule has 24 heavy (non-hydrogen) atoms. The van der Waals surface area contributed by atoms with Crippen LogP contribution in [0.2, 0.25) is 0 Å². The highest BCUT2D eigenvalue weighted by Gasteiger charge is 2.13. The minimum Gasteiger partial charge on any atom is -0.477 e. The van der Waals surface area contributed by atoms with E-state index >= 15 is 0 Å². The number of rotatable bonds is 8. The molecule has 0 spiro atoms. The first-order valence-corrected chi connectivity index (χ1v) is 9.93. The molecule has 1 aromatic rings. The van der Waals surface area contributed by atoms with E-state index in [1.54, 1.807) is 0 Å². The fraction of sp³-hybridized carbons (Fsp3) is 0.684. The molecule has 1 aliphatic rings. The van der Waals surface area contributed by atoms with Crippen LogP contribution in [-0.4, -0.2) is 36.4 Å². The number of halogens is 1. The van der Waals surface area contributed by atoms with Gasteiger partial charge in [-0.05, 0) is 54.6 Å². The molecule has 0 aromatic carbocycles. The molecule has 0 aliphatic heterocycles. The van der Waals surface area contributed by atoms with Gasteiger partial charge in [0.15, 0.2) is 0 Å². The summed E-state index contributed by atoms with van der Waals surface area (Å²) in [6.45, 7) is 5.74. The van der Waals surface area contributed by atoms with Crippen LogP contribution in [0, 0.1) is 12.8 Å². The largest absolute Gasteiger partial charge is 0.477 e. The van der Waals surface area contributed by atoms with Gasteiger partial charge < -0.3 is 9.64 Å². The van der Waals surface area contributed by atoms with Crippen LogP contribution >= 0.6 is 15.9 Å². The van der Waals surface area contributed by atoms with Crippen molar-refractivity contribution in [2.75, 3.05) is 20.2 Å². The zero-order chi connectivity index (χ0) is 17.4.